The summed E-state index contributed by atoms with van der Waals surface area (Å²) in [5, 5.41) is 3.03. The molecule has 0 aliphatic carbocycles. The van der Waals surface area contributed by atoms with E-state index in [2.05, 4.69) is 27.3 Å². The van der Waals surface area contributed by atoms with Crippen molar-refractivity contribution in [2.45, 2.75) is 13.3 Å². The molecule has 0 unspecified atom stereocenters. The first-order valence-corrected chi connectivity index (χ1v) is 9.15. The molecule has 5 heteroatoms. The van der Waals surface area contributed by atoms with Gasteiger partial charge in [-0.1, -0.05) is 48.5 Å². The van der Waals surface area contributed by atoms with E-state index < -0.39 is 0 Å². The Morgan fingerprint density at radius 2 is 1.81 bits per heavy atom. The molecule has 4 rings (SSSR count). The first-order chi connectivity index (χ1) is 13.2. The van der Waals surface area contributed by atoms with Gasteiger partial charge in [0.05, 0.1) is 17.8 Å². The normalized spacial score (nSPS) is 13.9. The molecule has 2 heterocycles. The van der Waals surface area contributed by atoms with E-state index in [1.165, 1.54) is 5.56 Å². The number of carbonyl (C=O) groups excluding carboxylic acids is 1. The maximum absolute atomic E-state index is 12.5. The molecule has 5 nitrogen and oxygen atoms in total. The number of hydrogen-bond acceptors (Lipinski definition) is 4. The van der Waals surface area contributed by atoms with E-state index in [-0.39, 0.29) is 11.8 Å². The van der Waals surface area contributed by atoms with Gasteiger partial charge in [0.2, 0.25) is 5.91 Å². The van der Waals surface area contributed by atoms with Crippen LogP contribution in [0.15, 0.2) is 67.0 Å². The molecule has 3 aromatic rings. The first-order valence-electron chi connectivity index (χ1n) is 9.15. The minimum atomic E-state index is -0.0239. The number of anilines is 2. The van der Waals surface area contributed by atoms with Crippen LogP contribution in [0, 0.1) is 12.8 Å². The largest absolute Gasteiger partial charge is 0.354 e. The summed E-state index contributed by atoms with van der Waals surface area (Å²) in [5.74, 6) is 0.876. The third-order valence-corrected chi connectivity index (χ3v) is 4.88. The average Bonchev–Trinajstić information content (AvgIpc) is 2.64. The number of carbonyl (C=O) groups is 1. The predicted molar refractivity (Wildman–Crippen MR) is 107 cm³/mol. The van der Waals surface area contributed by atoms with Crippen molar-refractivity contribution in [1.82, 2.24) is 9.97 Å². The van der Waals surface area contributed by atoms with Crippen LogP contribution < -0.4 is 10.2 Å². The zero-order valence-electron chi connectivity index (χ0n) is 15.3. The van der Waals surface area contributed by atoms with Crippen LogP contribution in [0.1, 0.15) is 16.8 Å². The standard InChI is InChI=1S/C22H22N4O/c1-16-7-5-6-10-20(16)25-22(27)18-14-26(15-18)21-13-23-12-19(24-21)11-17-8-3-2-4-9-17/h2-10,12-13,18H,11,14-15H2,1H3,(H,25,27). The van der Waals surface area contributed by atoms with Gasteiger partial charge in [0, 0.05) is 31.4 Å². The van der Waals surface area contributed by atoms with E-state index in [0.717, 1.165) is 29.2 Å². The maximum Gasteiger partial charge on any atom is 0.231 e. The fraction of sp³-hybridized carbons (Fsp3) is 0.227. The lowest BCUT2D eigenvalue weighted by Gasteiger charge is -2.39. The molecule has 1 saturated heterocycles. The Labute approximate surface area is 159 Å². The second-order valence-corrected chi connectivity index (χ2v) is 6.94. The summed E-state index contributed by atoms with van der Waals surface area (Å²) in [4.78, 5) is 23.6. The van der Waals surface area contributed by atoms with Gasteiger partial charge in [0.15, 0.2) is 0 Å². The Morgan fingerprint density at radius 3 is 2.59 bits per heavy atom. The van der Waals surface area contributed by atoms with E-state index in [1.54, 1.807) is 12.4 Å². The van der Waals surface area contributed by atoms with Gasteiger partial charge in [-0.25, -0.2) is 4.98 Å². The van der Waals surface area contributed by atoms with Gasteiger partial charge in [0.25, 0.3) is 0 Å². The minimum absolute atomic E-state index is 0.0239. The van der Waals surface area contributed by atoms with Gasteiger partial charge in [-0.3, -0.25) is 9.78 Å². The summed E-state index contributed by atoms with van der Waals surface area (Å²) in [7, 11) is 0. The topological polar surface area (TPSA) is 58.1 Å². The molecule has 1 N–H and O–H groups in total. The third kappa shape index (κ3) is 3.97. The lowest BCUT2D eigenvalue weighted by molar-refractivity contribution is -0.120. The molecule has 27 heavy (non-hydrogen) atoms. The van der Waals surface area contributed by atoms with E-state index in [1.807, 2.05) is 49.4 Å². The smallest absolute Gasteiger partial charge is 0.231 e. The zero-order chi connectivity index (χ0) is 18.6. The molecular formula is C22H22N4O. The molecule has 0 radical (unpaired) electrons. The van der Waals surface area contributed by atoms with Crippen LogP contribution >= 0.6 is 0 Å². The van der Waals surface area contributed by atoms with Crippen molar-refractivity contribution < 1.29 is 4.79 Å². The van der Waals surface area contributed by atoms with Gasteiger partial charge in [0.1, 0.15) is 5.82 Å². The van der Waals surface area contributed by atoms with Crippen molar-refractivity contribution in [3.8, 4) is 0 Å². The van der Waals surface area contributed by atoms with Crippen LogP contribution in [0.2, 0.25) is 0 Å². The fourth-order valence-corrected chi connectivity index (χ4v) is 3.22. The van der Waals surface area contributed by atoms with E-state index in [0.29, 0.717) is 13.1 Å². The predicted octanol–water partition coefficient (Wildman–Crippen LogP) is 3.45. The molecule has 0 atom stereocenters. The van der Waals surface area contributed by atoms with Gasteiger partial charge in [-0.05, 0) is 24.1 Å². The molecule has 136 valence electrons. The number of benzene rings is 2. The Hall–Kier alpha value is -3.21. The van der Waals surface area contributed by atoms with Gasteiger partial charge in [-0.2, -0.15) is 0 Å². The van der Waals surface area contributed by atoms with Gasteiger partial charge in [-0.15, -0.1) is 0 Å². The van der Waals surface area contributed by atoms with E-state index in [9.17, 15) is 4.79 Å². The van der Waals surface area contributed by atoms with Crippen LogP contribution in [0.4, 0.5) is 11.5 Å². The Morgan fingerprint density at radius 1 is 1.07 bits per heavy atom. The lowest BCUT2D eigenvalue weighted by atomic mass is 9.99. The number of rotatable bonds is 5. The van der Waals surface area contributed by atoms with Gasteiger partial charge < -0.3 is 10.2 Å². The highest BCUT2D eigenvalue weighted by Gasteiger charge is 2.33. The van der Waals surface area contributed by atoms with Crippen LogP contribution in [-0.2, 0) is 11.2 Å². The third-order valence-electron chi connectivity index (χ3n) is 4.88. The summed E-state index contributed by atoms with van der Waals surface area (Å²) < 4.78 is 0. The number of nitrogens with zero attached hydrogens (tertiary/aromatic N) is 3. The number of amides is 1. The van der Waals surface area contributed by atoms with Crippen molar-refractivity contribution in [2.75, 3.05) is 23.3 Å². The Bertz CT molecular complexity index is 936. The maximum atomic E-state index is 12.5. The van der Waals surface area contributed by atoms with Crippen molar-refractivity contribution >= 4 is 17.4 Å². The molecule has 2 aromatic carbocycles. The molecule has 1 aromatic heterocycles. The zero-order valence-corrected chi connectivity index (χ0v) is 15.3. The molecule has 0 spiro atoms. The molecule has 1 fully saturated rings. The van der Waals surface area contributed by atoms with Crippen molar-refractivity contribution in [3.05, 3.63) is 83.8 Å². The molecule has 1 aliphatic rings. The average molecular weight is 358 g/mol. The van der Waals surface area contributed by atoms with Gasteiger partial charge >= 0.3 is 0 Å². The molecule has 1 aliphatic heterocycles. The minimum Gasteiger partial charge on any atom is -0.354 e. The SMILES string of the molecule is Cc1ccccc1NC(=O)C1CN(c2cncc(Cc3ccccc3)n2)C1. The summed E-state index contributed by atoms with van der Waals surface area (Å²) in [5.41, 5.74) is 4.10. The number of hydrogen-bond donors (Lipinski definition) is 1. The fourth-order valence-electron chi connectivity index (χ4n) is 3.22. The molecule has 0 bridgehead atoms. The number of nitrogens with one attached hydrogen (secondary N) is 1. The summed E-state index contributed by atoms with van der Waals surface area (Å²) >= 11 is 0. The van der Waals surface area contributed by atoms with Crippen molar-refractivity contribution in [2.24, 2.45) is 5.92 Å². The highest BCUT2D eigenvalue weighted by Crippen LogP contribution is 2.24. The van der Waals surface area contributed by atoms with Crippen molar-refractivity contribution in [1.29, 1.82) is 0 Å². The first kappa shape index (κ1) is 17.2. The number of aromatic nitrogens is 2. The number of aryl methyl sites for hydroxylation is 1. The summed E-state index contributed by atoms with van der Waals surface area (Å²) in [6, 6.07) is 18.1. The second kappa shape index (κ2) is 7.58. The van der Waals surface area contributed by atoms with Crippen LogP contribution in [-0.4, -0.2) is 29.0 Å². The van der Waals surface area contributed by atoms with Crippen LogP contribution in [0.3, 0.4) is 0 Å². The lowest BCUT2D eigenvalue weighted by Crippen LogP contribution is -2.52. The highest BCUT2D eigenvalue weighted by atomic mass is 16.2. The van der Waals surface area contributed by atoms with Crippen LogP contribution in [0.5, 0.6) is 0 Å². The van der Waals surface area contributed by atoms with E-state index in [4.69, 9.17) is 4.98 Å². The highest BCUT2D eigenvalue weighted by molar-refractivity contribution is 5.94. The second-order valence-electron chi connectivity index (χ2n) is 6.94. The van der Waals surface area contributed by atoms with Crippen molar-refractivity contribution in [3.63, 3.8) is 0 Å². The number of para-hydroxylation sites is 1. The Kier molecular flexibility index (Phi) is 4.83. The van der Waals surface area contributed by atoms with Crippen LogP contribution in [0.25, 0.3) is 0 Å². The molecular weight excluding hydrogens is 336 g/mol. The molecule has 0 saturated carbocycles. The van der Waals surface area contributed by atoms with E-state index >= 15 is 0 Å². The monoisotopic (exact) mass is 358 g/mol. The Balaban J connectivity index is 1.36. The quantitative estimate of drug-likeness (QED) is 0.759. The summed E-state index contributed by atoms with van der Waals surface area (Å²) in [6.07, 6.45) is 4.33. The molecule has 1 amide bonds. The summed E-state index contributed by atoms with van der Waals surface area (Å²) in [6.45, 7) is 3.33.